The van der Waals surface area contributed by atoms with Crippen LogP contribution in [0.4, 0.5) is 0 Å². The summed E-state index contributed by atoms with van der Waals surface area (Å²) in [5, 5.41) is 0. The summed E-state index contributed by atoms with van der Waals surface area (Å²) in [4.78, 5) is 0. The normalized spacial score (nSPS) is 6.25. The van der Waals surface area contributed by atoms with Gasteiger partial charge in [0.15, 0.2) is 6.26 Å². The monoisotopic (exact) mass is 249 g/mol. The molecule has 0 atom stereocenters. The van der Waals surface area contributed by atoms with Gasteiger partial charge < -0.3 is 4.42 Å². The van der Waals surface area contributed by atoms with E-state index in [0.717, 1.165) is 0 Å². The average Bonchev–Trinajstić information content (AvgIpc) is 2.17. The van der Waals surface area contributed by atoms with Crippen molar-refractivity contribution in [3.05, 3.63) is 24.7 Å². The maximum Gasteiger partial charge on any atom is 0.560 e. The van der Waals surface area contributed by atoms with Gasteiger partial charge in [-0.2, -0.15) is 0 Å². The van der Waals surface area contributed by atoms with Crippen molar-refractivity contribution >= 4 is 41.8 Å². The topological polar surface area (TPSA) is 13.1 Å². The molecule has 0 fully saturated rings. The van der Waals surface area contributed by atoms with Crippen molar-refractivity contribution in [3.63, 3.8) is 0 Å². The molecule has 8 heavy (non-hydrogen) atoms. The molecule has 1 aromatic heterocycles. The van der Waals surface area contributed by atoms with Crippen molar-refractivity contribution in [2.45, 2.75) is 0 Å². The van der Waals surface area contributed by atoms with E-state index in [1.165, 1.54) is 0 Å². The van der Waals surface area contributed by atoms with E-state index in [4.69, 9.17) is 0 Å². The lowest BCUT2D eigenvalue weighted by atomic mass is 10.7. The Morgan fingerprint density at radius 2 is 2.12 bits per heavy atom. The molecule has 1 heterocycles. The van der Waals surface area contributed by atoms with Crippen LogP contribution in [0.25, 0.3) is 0 Å². The van der Waals surface area contributed by atoms with Crippen molar-refractivity contribution in [3.8, 4) is 0 Å². The van der Waals surface area contributed by atoms with E-state index >= 15 is 0 Å². The van der Waals surface area contributed by atoms with Gasteiger partial charge >= 0.3 is 16.0 Å². The second kappa shape index (κ2) is 8.01. The molecule has 0 aliphatic rings. The summed E-state index contributed by atoms with van der Waals surface area (Å²) >= 11 is 6.44. The van der Waals surface area contributed by atoms with E-state index in [-0.39, 0.29) is 16.0 Å². The third-order valence-corrected chi connectivity index (χ3v) is 0.379. The van der Waals surface area contributed by atoms with E-state index in [0.29, 0.717) is 0 Å². The first kappa shape index (κ1) is 9.01. The van der Waals surface area contributed by atoms with E-state index in [9.17, 15) is 0 Å². The quantitative estimate of drug-likeness (QED) is 0.645. The second-order valence-electron chi connectivity index (χ2n) is 0.832. The fraction of sp³-hybridized carbons (Fsp3) is 0. The van der Waals surface area contributed by atoms with Gasteiger partial charge in [0.1, 0.15) is 0 Å². The van der Waals surface area contributed by atoms with Gasteiger partial charge in [0.2, 0.25) is 0 Å². The van der Waals surface area contributed by atoms with Gasteiger partial charge in [0, 0.05) is 0 Å². The van der Waals surface area contributed by atoms with Gasteiger partial charge in [0.25, 0.3) is 0 Å². The van der Waals surface area contributed by atoms with Gasteiger partial charge in [-0.3, -0.25) is 25.8 Å². The zero-order valence-corrected chi connectivity index (χ0v) is 8.69. The summed E-state index contributed by atoms with van der Waals surface area (Å²) in [6, 6.07) is 3.49. The van der Waals surface area contributed by atoms with Crippen LogP contribution in [0.1, 0.15) is 0 Å². The average molecular weight is 251 g/mol. The molecule has 0 aliphatic heterocycles. The SMILES string of the molecule is [Br][Mg][Br].[c]1ccco1. The van der Waals surface area contributed by atoms with E-state index in [1.807, 2.05) is 0 Å². The first-order valence-electron chi connectivity index (χ1n) is 1.93. The standard InChI is InChI=1S/C4H3O.2BrH.Mg/c1-2-4-5-3-1;;;/h1-3H;2*1H;/q;;;+2/p-2. The highest BCUT2D eigenvalue weighted by Crippen LogP contribution is 1.78. The number of rotatable bonds is 0. The van der Waals surface area contributed by atoms with Crippen LogP contribution >= 0.6 is 25.8 Å². The molecule has 0 aliphatic carbocycles. The molecule has 1 radical (unpaired) electrons. The lowest BCUT2D eigenvalue weighted by Crippen LogP contribution is -1.31. The van der Waals surface area contributed by atoms with Crippen molar-refractivity contribution in [1.82, 2.24) is 0 Å². The minimum absolute atomic E-state index is 0.0417. The second-order valence-corrected chi connectivity index (χ2v) is 8.91. The Balaban J connectivity index is 0.000000145. The zero-order valence-electron chi connectivity index (χ0n) is 4.10. The minimum Gasteiger partial charge on any atom is -0.461 e. The van der Waals surface area contributed by atoms with Gasteiger partial charge in [-0.05, 0) is 12.1 Å². The van der Waals surface area contributed by atoms with E-state index in [2.05, 4.69) is 36.4 Å². The number of hydrogen-bond acceptors (Lipinski definition) is 1. The van der Waals surface area contributed by atoms with E-state index in [1.54, 1.807) is 18.4 Å². The number of furan rings is 1. The Bertz CT molecular complexity index is 80.9. The van der Waals surface area contributed by atoms with Crippen molar-refractivity contribution in [2.75, 3.05) is 0 Å². The van der Waals surface area contributed by atoms with Gasteiger partial charge in [0.05, 0.1) is 6.26 Å². The maximum atomic E-state index is 4.46. The third-order valence-electron chi connectivity index (χ3n) is 0.379. The Morgan fingerprint density at radius 3 is 2.25 bits per heavy atom. The fourth-order valence-electron chi connectivity index (χ4n) is 0.196. The zero-order chi connectivity index (χ0) is 6.24. The molecule has 0 N–H and O–H groups in total. The van der Waals surface area contributed by atoms with Gasteiger partial charge in [-0.15, -0.1) is 0 Å². The van der Waals surface area contributed by atoms with Crippen molar-refractivity contribution in [1.29, 1.82) is 0 Å². The molecule has 0 aromatic carbocycles. The first-order chi connectivity index (χ1) is 3.91. The van der Waals surface area contributed by atoms with Crippen LogP contribution in [0.5, 0.6) is 0 Å². The molecule has 1 rings (SSSR count). The number of halogens is 2. The molecule has 1 nitrogen and oxygen atoms in total. The maximum absolute atomic E-state index is 4.46. The minimum atomic E-state index is 0.0417. The molecule has 0 amide bonds. The summed E-state index contributed by atoms with van der Waals surface area (Å²) in [6.07, 6.45) is 4.06. The summed E-state index contributed by atoms with van der Waals surface area (Å²) in [5.74, 6) is 0. The Kier molecular flexibility index (Phi) is 9.01. The molecule has 1 aromatic rings. The lowest BCUT2D eigenvalue weighted by molar-refractivity contribution is 0.558. The Morgan fingerprint density at radius 1 is 1.50 bits per heavy atom. The molecule has 0 unspecified atom stereocenters. The van der Waals surface area contributed by atoms with Crippen LogP contribution < -0.4 is 0 Å². The van der Waals surface area contributed by atoms with Gasteiger partial charge in [-0.1, -0.05) is 0 Å². The molecule has 41 valence electrons. The highest BCUT2D eigenvalue weighted by atomic mass is 79.9. The number of hydrogen-bond donors (Lipinski definition) is 0. The largest absolute Gasteiger partial charge is 0.560 e. The summed E-state index contributed by atoms with van der Waals surface area (Å²) < 4.78 is 4.46. The smallest absolute Gasteiger partial charge is 0.461 e. The molecular formula is C4H3Br2MgO. The summed E-state index contributed by atoms with van der Waals surface area (Å²) in [7, 11) is 0. The molecule has 0 spiro atoms. The third kappa shape index (κ3) is 7.01. The Hall–Kier alpha value is 1.01. The molecule has 0 bridgehead atoms. The van der Waals surface area contributed by atoms with Crippen molar-refractivity contribution in [2.24, 2.45) is 0 Å². The van der Waals surface area contributed by atoms with Crippen LogP contribution in [0.15, 0.2) is 22.8 Å². The van der Waals surface area contributed by atoms with Crippen LogP contribution in [0.3, 0.4) is 0 Å². The van der Waals surface area contributed by atoms with Crippen molar-refractivity contribution < 1.29 is 4.42 Å². The van der Waals surface area contributed by atoms with Gasteiger partial charge in [-0.25, -0.2) is 0 Å². The highest BCUT2D eigenvalue weighted by Gasteiger charge is 1.62. The van der Waals surface area contributed by atoms with E-state index < -0.39 is 0 Å². The summed E-state index contributed by atoms with van der Waals surface area (Å²) in [6.45, 7) is 0. The van der Waals surface area contributed by atoms with Crippen LogP contribution in [0, 0.1) is 6.26 Å². The molecule has 4 heteroatoms. The first-order valence-corrected chi connectivity index (χ1v) is 9.73. The predicted molar refractivity (Wildman–Crippen MR) is 41.2 cm³/mol. The Labute approximate surface area is 70.3 Å². The highest BCUT2D eigenvalue weighted by molar-refractivity contribution is 9.47. The van der Waals surface area contributed by atoms with Crippen LogP contribution in [-0.4, -0.2) is 16.0 Å². The predicted octanol–water partition coefficient (Wildman–Crippen LogP) is 2.39. The lowest BCUT2D eigenvalue weighted by Gasteiger charge is -1.48. The van der Waals surface area contributed by atoms with Crippen LogP contribution in [-0.2, 0) is 0 Å². The molecule has 0 saturated heterocycles. The summed E-state index contributed by atoms with van der Waals surface area (Å²) in [5.41, 5.74) is 0. The fourth-order valence-corrected chi connectivity index (χ4v) is 0.196. The van der Waals surface area contributed by atoms with Crippen LogP contribution in [0.2, 0.25) is 0 Å². The molecular weight excluding hydrogens is 248 g/mol. The molecule has 0 saturated carbocycles.